The molecular weight excluding hydrogens is 326 g/mol. The molecule has 1 saturated heterocycles. The largest absolute Gasteiger partial charge is 0.376 e. The molecule has 0 unspecified atom stereocenters. The van der Waals surface area contributed by atoms with Crippen LogP contribution >= 0.6 is 0 Å². The maximum absolute atomic E-state index is 12.4. The molecule has 1 aliphatic rings. The predicted octanol–water partition coefficient (Wildman–Crippen LogP) is 3.45. The highest BCUT2D eigenvalue weighted by Gasteiger charge is 2.23. The fourth-order valence-corrected chi connectivity index (χ4v) is 3.19. The second kappa shape index (κ2) is 10.1. The lowest BCUT2D eigenvalue weighted by Gasteiger charge is -2.32. The summed E-state index contributed by atoms with van der Waals surface area (Å²) in [6.07, 6.45) is 2.52. The van der Waals surface area contributed by atoms with Crippen LogP contribution in [0.1, 0.15) is 24.0 Å². The van der Waals surface area contributed by atoms with Crippen molar-refractivity contribution in [2.75, 3.05) is 26.3 Å². The standard InChI is InChI=1S/C22H27NO3/c24-22(17-19-7-3-1-4-8-19)23-13-11-21(12-14-23)26-16-15-25-18-20-9-5-2-6-10-20/h1-10,21H,11-18H2. The topological polar surface area (TPSA) is 38.8 Å². The number of rotatable bonds is 8. The van der Waals surface area contributed by atoms with Gasteiger partial charge >= 0.3 is 0 Å². The molecule has 1 amide bonds. The Labute approximate surface area is 155 Å². The fourth-order valence-electron chi connectivity index (χ4n) is 3.19. The number of ether oxygens (including phenoxy) is 2. The van der Waals surface area contributed by atoms with E-state index in [0.29, 0.717) is 26.2 Å². The lowest BCUT2D eigenvalue weighted by molar-refractivity contribution is -0.133. The van der Waals surface area contributed by atoms with E-state index in [0.717, 1.165) is 31.5 Å². The van der Waals surface area contributed by atoms with Gasteiger partial charge in [-0.1, -0.05) is 60.7 Å². The van der Waals surface area contributed by atoms with Crippen LogP contribution in [0.25, 0.3) is 0 Å². The number of carbonyl (C=O) groups is 1. The molecule has 4 nitrogen and oxygen atoms in total. The summed E-state index contributed by atoms with van der Waals surface area (Å²) < 4.78 is 11.6. The number of hydrogen-bond acceptors (Lipinski definition) is 3. The monoisotopic (exact) mass is 353 g/mol. The lowest BCUT2D eigenvalue weighted by atomic mass is 10.1. The van der Waals surface area contributed by atoms with Gasteiger partial charge < -0.3 is 14.4 Å². The number of carbonyl (C=O) groups excluding carboxylic acids is 1. The van der Waals surface area contributed by atoms with E-state index < -0.39 is 0 Å². The SMILES string of the molecule is O=C(Cc1ccccc1)N1CCC(OCCOCc2ccccc2)CC1. The second-order valence-electron chi connectivity index (χ2n) is 6.65. The minimum atomic E-state index is 0.209. The van der Waals surface area contributed by atoms with Crippen molar-refractivity contribution in [1.29, 1.82) is 0 Å². The summed E-state index contributed by atoms with van der Waals surface area (Å²) in [7, 11) is 0. The molecule has 2 aromatic rings. The Morgan fingerprint density at radius 3 is 2.15 bits per heavy atom. The molecule has 0 aliphatic carbocycles. The van der Waals surface area contributed by atoms with Gasteiger partial charge in [0.15, 0.2) is 0 Å². The first-order chi connectivity index (χ1) is 12.8. The van der Waals surface area contributed by atoms with Gasteiger partial charge in [-0.15, -0.1) is 0 Å². The molecule has 3 rings (SSSR count). The second-order valence-corrected chi connectivity index (χ2v) is 6.65. The van der Waals surface area contributed by atoms with Crippen molar-refractivity contribution in [2.45, 2.75) is 32.0 Å². The zero-order chi connectivity index (χ0) is 18.0. The zero-order valence-electron chi connectivity index (χ0n) is 15.2. The molecule has 0 saturated carbocycles. The van der Waals surface area contributed by atoms with Gasteiger partial charge in [0.05, 0.1) is 32.3 Å². The van der Waals surface area contributed by atoms with Crippen LogP contribution in [-0.4, -0.2) is 43.2 Å². The van der Waals surface area contributed by atoms with E-state index in [1.54, 1.807) is 0 Å². The van der Waals surface area contributed by atoms with Crippen molar-refractivity contribution in [2.24, 2.45) is 0 Å². The van der Waals surface area contributed by atoms with Crippen molar-refractivity contribution < 1.29 is 14.3 Å². The first-order valence-corrected chi connectivity index (χ1v) is 9.36. The van der Waals surface area contributed by atoms with Gasteiger partial charge in [-0.05, 0) is 24.0 Å². The van der Waals surface area contributed by atoms with E-state index in [1.165, 1.54) is 5.56 Å². The van der Waals surface area contributed by atoms with Crippen LogP contribution in [0.2, 0.25) is 0 Å². The van der Waals surface area contributed by atoms with Crippen molar-refractivity contribution in [3.63, 3.8) is 0 Å². The fraction of sp³-hybridized carbons (Fsp3) is 0.409. The van der Waals surface area contributed by atoms with Gasteiger partial charge in [0, 0.05) is 13.1 Å². The zero-order valence-corrected chi connectivity index (χ0v) is 15.2. The molecule has 0 N–H and O–H groups in total. The lowest BCUT2D eigenvalue weighted by Crippen LogP contribution is -2.41. The summed E-state index contributed by atoms with van der Waals surface area (Å²) in [5.41, 5.74) is 2.25. The minimum absolute atomic E-state index is 0.209. The highest BCUT2D eigenvalue weighted by molar-refractivity contribution is 5.78. The van der Waals surface area contributed by atoms with E-state index in [2.05, 4.69) is 12.1 Å². The highest BCUT2D eigenvalue weighted by Crippen LogP contribution is 2.15. The van der Waals surface area contributed by atoms with Crippen molar-refractivity contribution >= 4 is 5.91 Å². The average molecular weight is 353 g/mol. The van der Waals surface area contributed by atoms with Crippen LogP contribution in [-0.2, 0) is 27.3 Å². The first-order valence-electron chi connectivity index (χ1n) is 9.36. The summed E-state index contributed by atoms with van der Waals surface area (Å²) in [5.74, 6) is 0.209. The molecule has 2 aromatic carbocycles. The summed E-state index contributed by atoms with van der Waals surface area (Å²) in [6.45, 7) is 3.39. The van der Waals surface area contributed by atoms with Crippen LogP contribution in [0.15, 0.2) is 60.7 Å². The normalized spacial score (nSPS) is 15.2. The van der Waals surface area contributed by atoms with Gasteiger partial charge in [0.2, 0.25) is 5.91 Å². The smallest absolute Gasteiger partial charge is 0.226 e. The average Bonchev–Trinajstić information content (AvgIpc) is 2.70. The Morgan fingerprint density at radius 2 is 1.50 bits per heavy atom. The third-order valence-corrected chi connectivity index (χ3v) is 4.69. The molecule has 4 heteroatoms. The highest BCUT2D eigenvalue weighted by atomic mass is 16.5. The van der Waals surface area contributed by atoms with E-state index in [9.17, 15) is 4.79 Å². The summed E-state index contributed by atoms with van der Waals surface area (Å²) in [6, 6.07) is 20.1. The molecule has 1 aliphatic heterocycles. The van der Waals surface area contributed by atoms with Crippen molar-refractivity contribution in [3.8, 4) is 0 Å². The first kappa shape index (κ1) is 18.6. The number of piperidine rings is 1. The van der Waals surface area contributed by atoms with Gasteiger partial charge in [-0.25, -0.2) is 0 Å². The number of amides is 1. The van der Waals surface area contributed by atoms with E-state index in [-0.39, 0.29) is 12.0 Å². The van der Waals surface area contributed by atoms with E-state index in [1.807, 2.05) is 53.4 Å². The van der Waals surface area contributed by atoms with Crippen LogP contribution in [0.4, 0.5) is 0 Å². The maximum Gasteiger partial charge on any atom is 0.226 e. The Balaban J connectivity index is 1.28. The predicted molar refractivity (Wildman–Crippen MR) is 102 cm³/mol. The molecule has 138 valence electrons. The Bertz CT molecular complexity index is 652. The summed E-state index contributed by atoms with van der Waals surface area (Å²) in [5, 5.41) is 0. The minimum Gasteiger partial charge on any atom is -0.376 e. The van der Waals surface area contributed by atoms with Gasteiger partial charge in [0.25, 0.3) is 0 Å². The van der Waals surface area contributed by atoms with Crippen molar-refractivity contribution in [1.82, 2.24) is 4.90 Å². The number of benzene rings is 2. The Morgan fingerprint density at radius 1 is 0.885 bits per heavy atom. The van der Waals surface area contributed by atoms with E-state index in [4.69, 9.17) is 9.47 Å². The summed E-state index contributed by atoms with van der Waals surface area (Å²) in [4.78, 5) is 14.3. The van der Waals surface area contributed by atoms with Crippen LogP contribution in [0.3, 0.4) is 0 Å². The number of likely N-dealkylation sites (tertiary alicyclic amines) is 1. The molecule has 0 aromatic heterocycles. The van der Waals surface area contributed by atoms with Gasteiger partial charge in [0.1, 0.15) is 0 Å². The Kier molecular flexibility index (Phi) is 7.23. The molecule has 0 radical (unpaired) electrons. The van der Waals surface area contributed by atoms with Crippen LogP contribution < -0.4 is 0 Å². The Hall–Kier alpha value is -2.17. The molecular formula is C22H27NO3. The molecule has 0 bridgehead atoms. The number of nitrogens with zero attached hydrogens (tertiary/aromatic N) is 1. The van der Waals surface area contributed by atoms with Crippen LogP contribution in [0, 0.1) is 0 Å². The molecule has 26 heavy (non-hydrogen) atoms. The molecule has 1 heterocycles. The maximum atomic E-state index is 12.4. The molecule has 0 spiro atoms. The number of hydrogen-bond donors (Lipinski definition) is 0. The van der Waals surface area contributed by atoms with Crippen LogP contribution in [0.5, 0.6) is 0 Å². The van der Waals surface area contributed by atoms with Gasteiger partial charge in [-0.3, -0.25) is 4.79 Å². The van der Waals surface area contributed by atoms with E-state index >= 15 is 0 Å². The molecule has 0 atom stereocenters. The third-order valence-electron chi connectivity index (χ3n) is 4.69. The third kappa shape index (κ3) is 5.97. The van der Waals surface area contributed by atoms with Gasteiger partial charge in [-0.2, -0.15) is 0 Å². The van der Waals surface area contributed by atoms with Crippen molar-refractivity contribution in [3.05, 3.63) is 71.8 Å². The quantitative estimate of drug-likeness (QED) is 0.682. The molecule has 1 fully saturated rings. The summed E-state index contributed by atoms with van der Waals surface area (Å²) >= 11 is 0.